The topological polar surface area (TPSA) is 86.6 Å². The zero-order valence-corrected chi connectivity index (χ0v) is 19.3. The molecule has 2 aromatic carbocycles. The highest BCUT2D eigenvalue weighted by molar-refractivity contribution is 7.92. The van der Waals surface area contributed by atoms with E-state index in [1.54, 1.807) is 44.4 Å². The molecule has 0 atom stereocenters. The van der Waals surface area contributed by atoms with Crippen molar-refractivity contribution in [3.05, 3.63) is 69.6 Å². The summed E-state index contributed by atoms with van der Waals surface area (Å²) in [5, 5.41) is 0.610. The van der Waals surface area contributed by atoms with Crippen LogP contribution >= 0.6 is 11.6 Å². The normalized spacial score (nSPS) is 13.5. The number of hydrogen-bond acceptors (Lipinski definition) is 5. The Hall–Kier alpha value is -2.97. The summed E-state index contributed by atoms with van der Waals surface area (Å²) in [5.74, 6) is 1.52. The van der Waals surface area contributed by atoms with E-state index in [2.05, 4.69) is 4.72 Å². The number of hydrogen-bond donors (Lipinski definition) is 1. The lowest BCUT2D eigenvalue weighted by atomic mass is 10.0. The number of nitrogens with zero attached hydrogens (tertiary/aromatic N) is 1. The van der Waals surface area contributed by atoms with E-state index >= 15 is 0 Å². The van der Waals surface area contributed by atoms with Gasteiger partial charge in [0, 0.05) is 41.1 Å². The number of rotatable bonds is 3. The molecule has 0 radical (unpaired) electrons. The van der Waals surface area contributed by atoms with Crippen LogP contribution < -0.4 is 19.8 Å². The standard InChI is InChI=1S/C23H23ClN2O5S/c1-3-32(28,29)25-17-7-9-21-18(12-17)19-14-26(2)23(27)13-22(19)30-10-4-5-15-11-16(24)6-8-20(15)31-21/h6-9,11-14,25H,3-5,10H2,1-2H3. The first-order valence-electron chi connectivity index (χ1n) is 10.2. The predicted molar refractivity (Wildman–Crippen MR) is 126 cm³/mol. The van der Waals surface area contributed by atoms with E-state index in [9.17, 15) is 13.2 Å². The lowest BCUT2D eigenvalue weighted by Crippen LogP contribution is -2.16. The van der Waals surface area contributed by atoms with E-state index in [0.29, 0.717) is 58.5 Å². The Bertz CT molecular complexity index is 1330. The number of nitrogens with one attached hydrogen (secondary N) is 1. The molecule has 3 aromatic rings. The van der Waals surface area contributed by atoms with Gasteiger partial charge in [-0.25, -0.2) is 8.42 Å². The summed E-state index contributed by atoms with van der Waals surface area (Å²) in [7, 11) is -1.82. The van der Waals surface area contributed by atoms with Crippen LogP contribution in [-0.4, -0.2) is 25.3 Å². The maximum Gasteiger partial charge on any atom is 0.254 e. The Morgan fingerprint density at radius 3 is 2.62 bits per heavy atom. The molecule has 0 amide bonds. The maximum atomic E-state index is 12.3. The summed E-state index contributed by atoms with van der Waals surface area (Å²) in [5.41, 5.74) is 2.33. The third-order valence-electron chi connectivity index (χ3n) is 5.20. The highest BCUT2D eigenvalue weighted by atomic mass is 35.5. The molecule has 1 aromatic heterocycles. The molecule has 7 nitrogen and oxygen atoms in total. The molecular formula is C23H23ClN2O5S. The first-order chi connectivity index (χ1) is 15.3. The molecule has 0 fully saturated rings. The molecule has 168 valence electrons. The van der Waals surface area contributed by atoms with Crippen molar-refractivity contribution in [2.45, 2.75) is 19.8 Å². The van der Waals surface area contributed by atoms with Gasteiger partial charge < -0.3 is 14.0 Å². The van der Waals surface area contributed by atoms with Crippen molar-refractivity contribution in [2.24, 2.45) is 7.05 Å². The van der Waals surface area contributed by atoms with Gasteiger partial charge in [-0.05, 0) is 61.7 Å². The van der Waals surface area contributed by atoms with Gasteiger partial charge in [0.05, 0.1) is 12.4 Å². The molecule has 0 saturated heterocycles. The summed E-state index contributed by atoms with van der Waals surface area (Å²) in [4.78, 5) is 12.3. The van der Waals surface area contributed by atoms with Crippen LogP contribution in [0.25, 0.3) is 11.1 Å². The van der Waals surface area contributed by atoms with Crippen LogP contribution in [0.5, 0.6) is 17.2 Å². The largest absolute Gasteiger partial charge is 0.493 e. The average molecular weight is 475 g/mol. The third-order valence-corrected chi connectivity index (χ3v) is 6.75. The van der Waals surface area contributed by atoms with Crippen LogP contribution in [0.15, 0.2) is 53.5 Å². The fourth-order valence-electron chi connectivity index (χ4n) is 3.49. The quantitative estimate of drug-likeness (QED) is 0.600. The number of aromatic nitrogens is 1. The van der Waals surface area contributed by atoms with Crippen molar-refractivity contribution in [1.29, 1.82) is 0 Å². The molecule has 0 aliphatic carbocycles. The molecule has 0 unspecified atom stereocenters. The minimum Gasteiger partial charge on any atom is -0.493 e. The minimum atomic E-state index is -3.47. The SMILES string of the molecule is CCS(=O)(=O)Nc1ccc2c(c1)-c1cn(C)c(=O)cc1OCCCc1cc(Cl)ccc1O2. The molecule has 9 heteroatoms. The molecule has 0 bridgehead atoms. The van der Waals surface area contributed by atoms with Crippen molar-refractivity contribution in [1.82, 2.24) is 4.57 Å². The number of pyridine rings is 1. The van der Waals surface area contributed by atoms with Gasteiger partial charge in [-0.15, -0.1) is 0 Å². The van der Waals surface area contributed by atoms with Gasteiger partial charge in [0.1, 0.15) is 17.2 Å². The van der Waals surface area contributed by atoms with Gasteiger partial charge >= 0.3 is 0 Å². The second kappa shape index (κ2) is 8.88. The molecule has 32 heavy (non-hydrogen) atoms. The van der Waals surface area contributed by atoms with Crippen LogP contribution in [0, 0.1) is 0 Å². The highest BCUT2D eigenvalue weighted by Crippen LogP contribution is 2.41. The lowest BCUT2D eigenvalue weighted by molar-refractivity contribution is 0.311. The van der Waals surface area contributed by atoms with E-state index < -0.39 is 10.0 Å². The zero-order chi connectivity index (χ0) is 22.9. The molecule has 0 spiro atoms. The van der Waals surface area contributed by atoms with E-state index in [0.717, 1.165) is 5.56 Å². The van der Waals surface area contributed by atoms with E-state index in [1.165, 1.54) is 10.6 Å². The molecule has 2 heterocycles. The number of benzene rings is 2. The molecule has 0 saturated carbocycles. The average Bonchev–Trinajstić information content (AvgIpc) is 2.77. The van der Waals surface area contributed by atoms with Gasteiger partial charge in [0.2, 0.25) is 10.0 Å². The molecule has 1 N–H and O–H groups in total. The minimum absolute atomic E-state index is 0.0527. The maximum absolute atomic E-state index is 12.3. The van der Waals surface area contributed by atoms with Gasteiger partial charge in [0.25, 0.3) is 5.56 Å². The Balaban J connectivity index is 1.92. The molecule has 1 aliphatic rings. The Kier molecular flexibility index (Phi) is 6.17. The summed E-state index contributed by atoms with van der Waals surface area (Å²) >= 11 is 6.19. The van der Waals surface area contributed by atoms with Crippen molar-refractivity contribution >= 4 is 27.3 Å². The molecule has 1 aliphatic heterocycles. The lowest BCUT2D eigenvalue weighted by Gasteiger charge is -2.17. The summed E-state index contributed by atoms with van der Waals surface area (Å²) in [6.45, 7) is 1.96. The van der Waals surface area contributed by atoms with Crippen molar-refractivity contribution < 1.29 is 17.9 Å². The van der Waals surface area contributed by atoms with Crippen LogP contribution in [0.4, 0.5) is 5.69 Å². The molecular weight excluding hydrogens is 452 g/mol. The van der Waals surface area contributed by atoms with Gasteiger partial charge in [-0.1, -0.05) is 11.6 Å². The summed E-state index contributed by atoms with van der Waals surface area (Å²) in [6, 6.07) is 11.9. The number of aryl methyl sites for hydroxylation is 2. The molecule has 4 rings (SSSR count). The smallest absolute Gasteiger partial charge is 0.254 e. The van der Waals surface area contributed by atoms with E-state index in [4.69, 9.17) is 21.1 Å². The fraction of sp³-hybridized carbons (Fsp3) is 0.261. The monoisotopic (exact) mass is 474 g/mol. The second-order valence-electron chi connectivity index (χ2n) is 7.52. The fourth-order valence-corrected chi connectivity index (χ4v) is 4.31. The Morgan fingerprint density at radius 1 is 1.06 bits per heavy atom. The van der Waals surface area contributed by atoms with Crippen LogP contribution in [0.1, 0.15) is 18.9 Å². The Labute approximate surface area is 191 Å². The van der Waals surface area contributed by atoms with Crippen LogP contribution in [0.3, 0.4) is 0 Å². The van der Waals surface area contributed by atoms with Crippen LogP contribution in [-0.2, 0) is 23.5 Å². The zero-order valence-electron chi connectivity index (χ0n) is 17.7. The summed E-state index contributed by atoms with van der Waals surface area (Å²) in [6.07, 6.45) is 3.04. The van der Waals surface area contributed by atoms with Crippen molar-refractivity contribution in [3.63, 3.8) is 0 Å². The summed E-state index contributed by atoms with van der Waals surface area (Å²) < 4.78 is 40.5. The first-order valence-corrected chi connectivity index (χ1v) is 12.2. The van der Waals surface area contributed by atoms with E-state index in [1.807, 2.05) is 12.1 Å². The number of sulfonamides is 1. The predicted octanol–water partition coefficient (Wildman–Crippen LogP) is 4.58. The number of ether oxygens (including phenoxy) is 2. The second-order valence-corrected chi connectivity index (χ2v) is 9.97. The van der Waals surface area contributed by atoms with E-state index in [-0.39, 0.29) is 11.3 Å². The Morgan fingerprint density at radius 2 is 1.84 bits per heavy atom. The van der Waals surface area contributed by atoms with Crippen molar-refractivity contribution in [2.75, 3.05) is 17.1 Å². The number of fused-ring (bicyclic) bond motifs is 4. The van der Waals surface area contributed by atoms with Crippen molar-refractivity contribution in [3.8, 4) is 28.4 Å². The van der Waals surface area contributed by atoms with Crippen LogP contribution in [0.2, 0.25) is 5.02 Å². The number of halogens is 1. The third kappa shape index (κ3) is 4.76. The highest BCUT2D eigenvalue weighted by Gasteiger charge is 2.19. The van der Waals surface area contributed by atoms with Gasteiger partial charge in [-0.2, -0.15) is 0 Å². The number of anilines is 1. The van der Waals surface area contributed by atoms with Gasteiger partial charge in [0.15, 0.2) is 0 Å². The first kappa shape index (κ1) is 22.2. The van der Waals surface area contributed by atoms with Gasteiger partial charge in [-0.3, -0.25) is 9.52 Å².